The Bertz CT molecular complexity index is 2740. The minimum Gasteiger partial charge on any atom is -0.490 e. The van der Waals surface area contributed by atoms with Gasteiger partial charge in [-0.25, -0.2) is 9.59 Å². The van der Waals surface area contributed by atoms with E-state index >= 15 is 0 Å². The van der Waals surface area contributed by atoms with Crippen LogP contribution in [-0.2, 0) is 16.2 Å². The Balaban J connectivity index is 1.04. The van der Waals surface area contributed by atoms with Crippen molar-refractivity contribution in [2.24, 2.45) is 10.2 Å². The Kier molecular flexibility index (Phi) is 31.1. The van der Waals surface area contributed by atoms with E-state index in [1.165, 1.54) is 160 Å². The van der Waals surface area contributed by atoms with Crippen LogP contribution in [0.5, 0.6) is 28.7 Å². The molecule has 1 fully saturated rings. The number of hydrogen-bond donors (Lipinski definition) is 2. The highest BCUT2D eigenvalue weighted by Crippen LogP contribution is 2.40. The predicted molar refractivity (Wildman–Crippen MR) is 338 cm³/mol. The van der Waals surface area contributed by atoms with Crippen molar-refractivity contribution in [1.29, 1.82) is 0 Å². The number of nitrogens with zero attached hydrogens (tertiary/aromatic N) is 2. The monoisotopic (exact) mass is 1150 g/mol. The van der Waals surface area contributed by atoms with Gasteiger partial charge in [0.15, 0.2) is 11.5 Å². The Hall–Kier alpha value is -7.02. The number of ether oxygens (including phenoxy) is 5. The average Bonchev–Trinajstić information content (AvgIpc) is 3.70. The number of fused-ring (bicyclic) bond motifs is 1. The third-order valence-corrected chi connectivity index (χ3v) is 15.3. The van der Waals surface area contributed by atoms with Gasteiger partial charge in [-0.3, -0.25) is 20.2 Å². The number of unbranched alkanes of at least 4 members (excludes halogenated alkanes) is 27. The maximum Gasteiger partial charge on any atom is 0.343 e. The van der Waals surface area contributed by atoms with E-state index in [0.29, 0.717) is 66.2 Å². The molecule has 1 saturated heterocycles. The Morgan fingerprint density at radius 1 is 0.429 bits per heavy atom. The molecule has 1 heterocycles. The molecule has 0 aliphatic carbocycles. The lowest BCUT2D eigenvalue weighted by molar-refractivity contribution is -0.123. The van der Waals surface area contributed by atoms with Gasteiger partial charge in [-0.1, -0.05) is 212 Å². The summed E-state index contributed by atoms with van der Waals surface area (Å²) in [5.74, 6) is 1.12. The molecule has 5 aromatic rings. The molecule has 0 saturated carbocycles. The molecular formula is C71H96N4O9. The number of nitrogens with one attached hydrogen (secondary N) is 2. The summed E-state index contributed by atoms with van der Waals surface area (Å²) in [5, 5.41) is 14.6. The van der Waals surface area contributed by atoms with E-state index in [0.717, 1.165) is 66.4 Å². The summed E-state index contributed by atoms with van der Waals surface area (Å²) in [7, 11) is 0. The maximum atomic E-state index is 13.2. The maximum absolute atomic E-state index is 13.2. The SMILES string of the molecule is CCCCCCCCCCCCOc1cc(COc2ccc(N=Nc3ccc(C(=O)Oc4ccc5cc(C=C6C(=O)NC(=O)NC6=O)ccc5c4)cc3)cc2)cc(OCCCCCCCCCCCC)c1OCCCCCCCCCCCC. The van der Waals surface area contributed by atoms with Crippen LogP contribution in [0.25, 0.3) is 16.8 Å². The fraction of sp³-hybridized carbons (Fsp3) is 0.521. The van der Waals surface area contributed by atoms with E-state index in [1.807, 2.05) is 24.3 Å². The van der Waals surface area contributed by atoms with Crippen LogP contribution in [0.4, 0.5) is 16.2 Å². The minimum atomic E-state index is -0.855. The first-order valence-corrected chi connectivity index (χ1v) is 32.2. The lowest BCUT2D eigenvalue weighted by Crippen LogP contribution is -2.51. The van der Waals surface area contributed by atoms with Crippen LogP contribution in [0.15, 0.2) is 113 Å². The first-order valence-electron chi connectivity index (χ1n) is 32.2. The van der Waals surface area contributed by atoms with Gasteiger partial charge in [-0.15, -0.1) is 0 Å². The number of amides is 4. The lowest BCUT2D eigenvalue weighted by atomic mass is 10.0. The molecule has 0 aromatic heterocycles. The van der Waals surface area contributed by atoms with Crippen molar-refractivity contribution in [2.75, 3.05) is 19.8 Å². The van der Waals surface area contributed by atoms with Gasteiger partial charge >= 0.3 is 12.0 Å². The zero-order valence-corrected chi connectivity index (χ0v) is 50.9. The Morgan fingerprint density at radius 3 is 1.31 bits per heavy atom. The van der Waals surface area contributed by atoms with Crippen molar-refractivity contribution in [3.8, 4) is 28.7 Å². The first-order chi connectivity index (χ1) is 41.2. The molecule has 13 heteroatoms. The molecule has 13 nitrogen and oxygen atoms in total. The Labute approximate surface area is 501 Å². The number of carbonyl (C=O) groups excluding carboxylic acids is 4. The molecule has 1 aliphatic rings. The molecule has 84 heavy (non-hydrogen) atoms. The summed E-state index contributed by atoms with van der Waals surface area (Å²) in [4.78, 5) is 48.9. The van der Waals surface area contributed by atoms with Crippen molar-refractivity contribution in [3.05, 3.63) is 119 Å². The number of carbonyl (C=O) groups is 4. The minimum absolute atomic E-state index is 0.177. The smallest absolute Gasteiger partial charge is 0.343 e. The second-order valence-corrected chi connectivity index (χ2v) is 22.5. The van der Waals surface area contributed by atoms with E-state index in [-0.39, 0.29) is 5.57 Å². The molecule has 0 unspecified atom stereocenters. The van der Waals surface area contributed by atoms with Crippen LogP contribution in [0.1, 0.15) is 235 Å². The molecule has 0 radical (unpaired) electrons. The predicted octanol–water partition coefficient (Wildman–Crippen LogP) is 19.7. The van der Waals surface area contributed by atoms with Crippen LogP contribution in [0.3, 0.4) is 0 Å². The molecule has 0 bridgehead atoms. The number of azo groups is 1. The summed E-state index contributed by atoms with van der Waals surface area (Å²) >= 11 is 0. The zero-order valence-electron chi connectivity index (χ0n) is 50.9. The summed E-state index contributed by atoms with van der Waals surface area (Å²) in [6.07, 6.45) is 39.4. The number of imide groups is 2. The second-order valence-electron chi connectivity index (χ2n) is 22.5. The van der Waals surface area contributed by atoms with Crippen molar-refractivity contribution < 1.29 is 42.9 Å². The quantitative estimate of drug-likeness (QED) is 0.00965. The van der Waals surface area contributed by atoms with Crippen molar-refractivity contribution in [1.82, 2.24) is 10.6 Å². The highest BCUT2D eigenvalue weighted by atomic mass is 16.5. The van der Waals surface area contributed by atoms with Gasteiger partial charge in [0, 0.05) is 0 Å². The van der Waals surface area contributed by atoms with E-state index in [2.05, 4.69) is 53.8 Å². The van der Waals surface area contributed by atoms with E-state index in [1.54, 1.807) is 60.7 Å². The van der Waals surface area contributed by atoms with Gasteiger partial charge in [-0.2, -0.15) is 10.2 Å². The number of benzene rings is 5. The molecule has 454 valence electrons. The van der Waals surface area contributed by atoms with E-state index in [9.17, 15) is 19.2 Å². The van der Waals surface area contributed by atoms with Gasteiger partial charge in [0.25, 0.3) is 11.8 Å². The number of barbiturate groups is 1. The third kappa shape index (κ3) is 25.1. The third-order valence-electron chi connectivity index (χ3n) is 15.3. The summed E-state index contributed by atoms with van der Waals surface area (Å²) in [5.41, 5.74) is 2.90. The topological polar surface area (TPSA) is 163 Å². The number of rotatable bonds is 44. The largest absolute Gasteiger partial charge is 0.490 e. The molecule has 1 aliphatic heterocycles. The van der Waals surface area contributed by atoms with Gasteiger partial charge in [-0.05, 0) is 126 Å². The lowest BCUT2D eigenvalue weighted by Gasteiger charge is -2.19. The van der Waals surface area contributed by atoms with E-state index in [4.69, 9.17) is 23.7 Å². The average molecular weight is 1150 g/mol. The zero-order chi connectivity index (χ0) is 59.2. The van der Waals surface area contributed by atoms with Crippen LogP contribution in [-0.4, -0.2) is 43.6 Å². The highest BCUT2D eigenvalue weighted by Gasteiger charge is 2.27. The fourth-order valence-electron chi connectivity index (χ4n) is 10.3. The molecule has 5 aromatic carbocycles. The first kappa shape index (κ1) is 66.1. The van der Waals surface area contributed by atoms with Crippen LogP contribution in [0.2, 0.25) is 0 Å². The summed E-state index contributed by atoms with van der Waals surface area (Å²) < 4.78 is 32.0. The van der Waals surface area contributed by atoms with Crippen LogP contribution in [0, 0.1) is 0 Å². The van der Waals surface area contributed by atoms with Crippen molar-refractivity contribution >= 4 is 52.0 Å². The van der Waals surface area contributed by atoms with Gasteiger partial charge < -0.3 is 23.7 Å². The number of esters is 1. The van der Waals surface area contributed by atoms with Crippen molar-refractivity contribution in [3.63, 3.8) is 0 Å². The van der Waals surface area contributed by atoms with E-state index < -0.39 is 23.8 Å². The number of hydrogen-bond acceptors (Lipinski definition) is 11. The fourth-order valence-corrected chi connectivity index (χ4v) is 10.3. The second kappa shape index (κ2) is 39.5. The molecule has 4 amide bonds. The normalized spacial score (nSPS) is 12.4. The van der Waals surface area contributed by atoms with Gasteiger partial charge in [0.2, 0.25) is 5.75 Å². The summed E-state index contributed by atoms with van der Waals surface area (Å²) in [6.45, 7) is 9.00. The highest BCUT2D eigenvalue weighted by molar-refractivity contribution is 6.31. The molecule has 0 spiro atoms. The molecule has 0 atom stereocenters. The van der Waals surface area contributed by atoms with Crippen LogP contribution >= 0.6 is 0 Å². The van der Waals surface area contributed by atoms with Crippen molar-refractivity contribution in [2.45, 2.75) is 220 Å². The summed E-state index contributed by atoms with van der Waals surface area (Å²) in [6, 6.07) is 27.9. The van der Waals surface area contributed by atoms with Gasteiger partial charge in [0.1, 0.15) is 23.7 Å². The molecular weight excluding hydrogens is 1050 g/mol. The Morgan fingerprint density at radius 2 is 0.833 bits per heavy atom. The van der Waals surface area contributed by atoms with Gasteiger partial charge in [0.05, 0.1) is 36.8 Å². The standard InChI is InChI=1S/C71H96N4O9/c1-4-7-10-13-16-19-22-25-28-31-46-80-65-51-56(52-66(81-47-32-29-26-23-20-17-14-11-8-5-2)67(65)82-48-33-30-27-24-21-18-15-12-9-6-3)54-83-62-44-41-61(42-45-62)75-74-60-39-36-57(37-40-60)70(78)84-63-43-38-58-49-55(34-35-59(58)53-63)50-64-68(76)72-71(79)73-69(64)77/h34-45,49-53H,4-33,46-48,54H2,1-3H3,(H2,72,73,76,77,79). The molecule has 6 rings (SSSR count). The van der Waals surface area contributed by atoms with Crippen LogP contribution < -0.4 is 34.3 Å². The molecule has 2 N–H and O–H groups in total. The number of urea groups is 1.